The molecule has 0 spiro atoms. The third kappa shape index (κ3) is 4.93. The summed E-state index contributed by atoms with van der Waals surface area (Å²) in [6.45, 7) is 0. The highest BCUT2D eigenvalue weighted by Crippen LogP contribution is 2.43. The molecule has 10 rings (SSSR count). The maximum atomic E-state index is 5.28. The second kappa shape index (κ2) is 12.0. The maximum absolute atomic E-state index is 5.28. The first-order valence-corrected chi connectivity index (χ1v) is 17.4. The van der Waals surface area contributed by atoms with Gasteiger partial charge in [-0.05, 0) is 42.7 Å². The fourth-order valence-corrected chi connectivity index (χ4v) is 7.54. The number of hydrogen-bond acceptors (Lipinski definition) is 4. The van der Waals surface area contributed by atoms with Gasteiger partial charge in [0.1, 0.15) is 0 Å². The molecule has 9 aromatic rings. The van der Waals surface area contributed by atoms with Crippen LogP contribution in [0.15, 0.2) is 158 Å². The number of rotatable bonds is 5. The van der Waals surface area contributed by atoms with E-state index >= 15 is 0 Å². The van der Waals surface area contributed by atoms with Crippen molar-refractivity contribution in [2.75, 3.05) is 0 Å². The van der Waals surface area contributed by atoms with Crippen LogP contribution in [0, 0.1) is 0 Å². The van der Waals surface area contributed by atoms with Crippen LogP contribution in [-0.2, 0) is 6.42 Å². The minimum atomic E-state index is 0.636. The zero-order chi connectivity index (χ0) is 33.7. The molecule has 1 aliphatic rings. The van der Waals surface area contributed by atoms with E-state index in [1.54, 1.807) is 0 Å². The van der Waals surface area contributed by atoms with Gasteiger partial charge in [0.05, 0.1) is 22.4 Å². The lowest BCUT2D eigenvalue weighted by Gasteiger charge is -2.19. The van der Waals surface area contributed by atoms with Crippen molar-refractivity contribution >= 4 is 38.7 Å². The van der Waals surface area contributed by atoms with Crippen LogP contribution in [0.25, 0.3) is 89.8 Å². The van der Waals surface area contributed by atoms with Crippen molar-refractivity contribution < 1.29 is 0 Å². The van der Waals surface area contributed by atoms with E-state index in [2.05, 4.69) is 108 Å². The standard InChI is InChI=1S/C46H31N5/c1-5-15-30(16-6-1)42-38-28-27-36-35-26-25-33(46-49-44(31-17-7-2-8-18-31)48-45(50-46)32-19-9-3-10-20-32)29-40(35)51(34-21-11-4-12-22-34)43(36)41(38)37-23-13-14-24-39(37)47-42/h1-12,14-22,24-29H,13,23H2. The van der Waals surface area contributed by atoms with Crippen molar-refractivity contribution in [2.45, 2.75) is 12.8 Å². The summed E-state index contributed by atoms with van der Waals surface area (Å²) in [7, 11) is 0. The highest BCUT2D eigenvalue weighted by molar-refractivity contribution is 6.21. The van der Waals surface area contributed by atoms with Gasteiger partial charge < -0.3 is 4.57 Å². The van der Waals surface area contributed by atoms with Gasteiger partial charge in [-0.2, -0.15) is 0 Å². The van der Waals surface area contributed by atoms with Crippen molar-refractivity contribution in [1.82, 2.24) is 24.5 Å². The summed E-state index contributed by atoms with van der Waals surface area (Å²) in [6.07, 6.45) is 6.39. The average Bonchev–Trinajstić information content (AvgIpc) is 3.55. The van der Waals surface area contributed by atoms with Gasteiger partial charge in [-0.3, -0.25) is 0 Å². The average molecular weight is 654 g/mol. The Kier molecular flexibility index (Phi) is 6.88. The van der Waals surface area contributed by atoms with Crippen LogP contribution < -0.4 is 0 Å². The molecule has 0 atom stereocenters. The van der Waals surface area contributed by atoms with E-state index in [1.165, 1.54) is 32.6 Å². The topological polar surface area (TPSA) is 56.5 Å². The Morgan fingerprint density at radius 1 is 0.471 bits per heavy atom. The lowest BCUT2D eigenvalue weighted by Crippen LogP contribution is -2.03. The van der Waals surface area contributed by atoms with E-state index in [0.29, 0.717) is 17.5 Å². The van der Waals surface area contributed by atoms with E-state index in [0.717, 1.165) is 57.7 Å². The van der Waals surface area contributed by atoms with Gasteiger partial charge in [-0.15, -0.1) is 0 Å². The van der Waals surface area contributed by atoms with Gasteiger partial charge >= 0.3 is 0 Å². The molecule has 0 saturated heterocycles. The van der Waals surface area contributed by atoms with Crippen molar-refractivity contribution in [3.05, 3.63) is 169 Å². The van der Waals surface area contributed by atoms with Gasteiger partial charge in [0.2, 0.25) is 0 Å². The molecular formula is C46H31N5. The predicted molar refractivity (Wildman–Crippen MR) is 209 cm³/mol. The monoisotopic (exact) mass is 653 g/mol. The smallest absolute Gasteiger partial charge is 0.164 e. The van der Waals surface area contributed by atoms with Gasteiger partial charge in [-0.1, -0.05) is 140 Å². The molecule has 3 heterocycles. The molecule has 3 aromatic heterocycles. The lowest BCUT2D eigenvalue weighted by molar-refractivity contribution is 0.979. The van der Waals surface area contributed by atoms with Crippen LogP contribution in [0.5, 0.6) is 0 Å². The minimum Gasteiger partial charge on any atom is -0.309 e. The normalized spacial score (nSPS) is 12.5. The zero-order valence-electron chi connectivity index (χ0n) is 27.7. The quantitative estimate of drug-likeness (QED) is 0.185. The van der Waals surface area contributed by atoms with E-state index in [1.807, 2.05) is 60.7 Å². The Bertz CT molecular complexity index is 2710. The van der Waals surface area contributed by atoms with Crippen molar-refractivity contribution in [3.63, 3.8) is 0 Å². The van der Waals surface area contributed by atoms with Gasteiger partial charge in [0, 0.05) is 49.5 Å². The van der Waals surface area contributed by atoms with E-state index in [4.69, 9.17) is 19.9 Å². The fraction of sp³-hybridized carbons (Fsp3) is 0.0435. The number of allylic oxidation sites excluding steroid dienone is 1. The molecule has 0 radical (unpaired) electrons. The predicted octanol–water partition coefficient (Wildman–Crippen LogP) is 11.1. The number of benzene rings is 6. The largest absolute Gasteiger partial charge is 0.309 e. The van der Waals surface area contributed by atoms with Crippen LogP contribution in [0.4, 0.5) is 0 Å². The first-order valence-electron chi connectivity index (χ1n) is 17.4. The first-order chi connectivity index (χ1) is 25.3. The van der Waals surface area contributed by atoms with Crippen molar-refractivity contribution in [2.24, 2.45) is 0 Å². The summed E-state index contributed by atoms with van der Waals surface area (Å²) in [5.74, 6) is 1.93. The Morgan fingerprint density at radius 2 is 1.02 bits per heavy atom. The fourth-order valence-electron chi connectivity index (χ4n) is 7.54. The molecule has 0 unspecified atom stereocenters. The van der Waals surface area contributed by atoms with Crippen LogP contribution in [-0.4, -0.2) is 24.5 Å². The molecule has 5 nitrogen and oxygen atoms in total. The first kappa shape index (κ1) is 29.2. The number of fused-ring (bicyclic) bond motifs is 7. The SMILES string of the molecule is C1=Cc2nc(-c3ccccc3)c3ccc4c5ccc(-c6nc(-c7ccccc7)nc(-c7ccccc7)n6)cc5n(-c5ccccc5)c4c3c2CC1. The van der Waals surface area contributed by atoms with Gasteiger partial charge in [-0.25, -0.2) is 19.9 Å². The van der Waals surface area contributed by atoms with Crippen molar-refractivity contribution in [1.29, 1.82) is 0 Å². The van der Waals surface area contributed by atoms with E-state index in [9.17, 15) is 0 Å². The van der Waals surface area contributed by atoms with Gasteiger partial charge in [0.25, 0.3) is 0 Å². The lowest BCUT2D eigenvalue weighted by atomic mass is 9.91. The number of aryl methyl sites for hydroxylation is 1. The third-order valence-corrected chi connectivity index (χ3v) is 9.88. The summed E-state index contributed by atoms with van der Waals surface area (Å²) in [4.78, 5) is 20.3. The Morgan fingerprint density at radius 3 is 1.67 bits per heavy atom. The highest BCUT2D eigenvalue weighted by Gasteiger charge is 2.23. The summed E-state index contributed by atoms with van der Waals surface area (Å²) < 4.78 is 2.43. The minimum absolute atomic E-state index is 0.636. The number of nitrogens with zero attached hydrogens (tertiary/aromatic N) is 5. The molecule has 6 aromatic carbocycles. The number of aromatic nitrogens is 5. The van der Waals surface area contributed by atoms with E-state index in [-0.39, 0.29) is 0 Å². The highest BCUT2D eigenvalue weighted by atomic mass is 15.0. The molecule has 0 N–H and O–H groups in total. The molecule has 0 bridgehead atoms. The van der Waals surface area contributed by atoms with Crippen LogP contribution in [0.3, 0.4) is 0 Å². The summed E-state index contributed by atoms with van der Waals surface area (Å²) >= 11 is 0. The van der Waals surface area contributed by atoms with E-state index < -0.39 is 0 Å². The molecule has 0 saturated carbocycles. The molecule has 5 heteroatoms. The van der Waals surface area contributed by atoms with Crippen LogP contribution >= 0.6 is 0 Å². The molecule has 0 fully saturated rings. The zero-order valence-corrected chi connectivity index (χ0v) is 27.7. The molecular weight excluding hydrogens is 623 g/mol. The summed E-state index contributed by atoms with van der Waals surface area (Å²) in [5, 5.41) is 4.82. The summed E-state index contributed by atoms with van der Waals surface area (Å²) in [6, 6.07) is 52.7. The van der Waals surface area contributed by atoms with Crippen LogP contribution in [0.2, 0.25) is 0 Å². The van der Waals surface area contributed by atoms with Gasteiger partial charge in [0.15, 0.2) is 17.5 Å². The number of pyridine rings is 1. The number of para-hydroxylation sites is 1. The molecule has 51 heavy (non-hydrogen) atoms. The second-order valence-corrected chi connectivity index (χ2v) is 13.0. The Hall–Kier alpha value is -6.72. The third-order valence-electron chi connectivity index (χ3n) is 9.88. The Labute approximate surface area is 295 Å². The molecule has 240 valence electrons. The maximum Gasteiger partial charge on any atom is 0.164 e. The second-order valence-electron chi connectivity index (χ2n) is 13.0. The Balaban J connectivity index is 1.29. The number of hydrogen-bond donors (Lipinski definition) is 0. The molecule has 0 amide bonds. The molecule has 1 aliphatic carbocycles. The molecule has 0 aliphatic heterocycles. The van der Waals surface area contributed by atoms with Crippen LogP contribution in [0.1, 0.15) is 17.7 Å². The van der Waals surface area contributed by atoms with Crippen molar-refractivity contribution in [3.8, 4) is 51.1 Å². The summed E-state index contributed by atoms with van der Waals surface area (Å²) in [5.41, 5.74) is 10.7.